The Kier molecular flexibility index (Phi) is 5.13. The summed E-state index contributed by atoms with van der Waals surface area (Å²) in [6.07, 6.45) is 7.52. The summed E-state index contributed by atoms with van der Waals surface area (Å²) >= 11 is 1.59. The first-order chi connectivity index (χ1) is 12.8. The lowest BCUT2D eigenvalue weighted by atomic mass is 10.2. The van der Waals surface area contributed by atoms with Crippen LogP contribution in [0, 0.1) is 0 Å². The molecule has 2 aromatic heterocycles. The Balaban J connectivity index is 1.38. The molecule has 1 amide bonds. The number of amides is 1. The van der Waals surface area contributed by atoms with Crippen molar-refractivity contribution in [3.63, 3.8) is 0 Å². The summed E-state index contributed by atoms with van der Waals surface area (Å²) in [6.45, 7) is 2.83. The molecule has 0 saturated carbocycles. The fraction of sp³-hybridized carbons (Fsp3) is 0.300. The summed E-state index contributed by atoms with van der Waals surface area (Å²) in [7, 11) is 0. The largest absolute Gasteiger partial charge is 0.463 e. The molecule has 0 unspecified atom stereocenters. The molecule has 1 saturated heterocycles. The minimum Gasteiger partial charge on any atom is -0.463 e. The molecule has 2 N–H and O–H groups in total. The van der Waals surface area contributed by atoms with Gasteiger partial charge in [-0.15, -0.1) is 11.3 Å². The number of hydrogen-bond acceptors (Lipinski definition) is 4. The molecular weight excluding hydrogens is 346 g/mol. The van der Waals surface area contributed by atoms with Crippen molar-refractivity contribution in [2.45, 2.75) is 18.9 Å². The van der Waals surface area contributed by atoms with Gasteiger partial charge in [0.1, 0.15) is 5.01 Å². The molecule has 1 fully saturated rings. The molecule has 3 heterocycles. The highest BCUT2D eigenvalue weighted by Gasteiger charge is 2.29. The Hall–Kier alpha value is -2.44. The van der Waals surface area contributed by atoms with Crippen LogP contribution in [0.4, 0.5) is 0 Å². The van der Waals surface area contributed by atoms with Crippen molar-refractivity contribution in [2.24, 2.45) is 0 Å². The van der Waals surface area contributed by atoms with E-state index < -0.39 is 0 Å². The lowest BCUT2D eigenvalue weighted by Crippen LogP contribution is -3.11. The summed E-state index contributed by atoms with van der Waals surface area (Å²) in [4.78, 5) is 18.3. The quantitative estimate of drug-likeness (QED) is 0.657. The standard InChI is InChI=1S/C20H21N3O2S/c24-19(9-10-20-22-15-6-1-2-8-18(15)26-20)21-14-16(17-7-5-13-25-17)23-11-3-4-12-23/h1-2,5-10,13,16H,3-4,11-12,14H2,(H,21,24)/p+1/b10-9+/t16-/m1/s1. The summed E-state index contributed by atoms with van der Waals surface area (Å²) < 4.78 is 6.73. The predicted molar refractivity (Wildman–Crippen MR) is 103 cm³/mol. The topological polar surface area (TPSA) is 59.6 Å². The first kappa shape index (κ1) is 17.0. The van der Waals surface area contributed by atoms with Crippen molar-refractivity contribution < 1.29 is 14.1 Å². The van der Waals surface area contributed by atoms with Crippen molar-refractivity contribution >= 4 is 33.5 Å². The third kappa shape index (κ3) is 3.86. The number of nitrogens with zero attached hydrogens (tertiary/aromatic N) is 1. The maximum Gasteiger partial charge on any atom is 0.244 e. The molecule has 1 aromatic carbocycles. The van der Waals surface area contributed by atoms with E-state index >= 15 is 0 Å². The molecule has 1 aliphatic heterocycles. The molecule has 6 heteroatoms. The van der Waals surface area contributed by atoms with E-state index in [2.05, 4.69) is 10.3 Å². The number of carbonyl (C=O) groups excluding carboxylic acids is 1. The number of benzene rings is 1. The Morgan fingerprint density at radius 3 is 2.88 bits per heavy atom. The highest BCUT2D eigenvalue weighted by Crippen LogP contribution is 2.22. The smallest absolute Gasteiger partial charge is 0.244 e. The molecule has 4 rings (SSSR count). The van der Waals surface area contributed by atoms with Crippen molar-refractivity contribution in [3.05, 3.63) is 59.5 Å². The molecular formula is C20H22N3O2S+. The lowest BCUT2D eigenvalue weighted by Gasteiger charge is -2.22. The van der Waals surface area contributed by atoms with Gasteiger partial charge < -0.3 is 14.6 Å². The maximum absolute atomic E-state index is 12.3. The summed E-state index contributed by atoms with van der Waals surface area (Å²) in [5.41, 5.74) is 0.966. The van der Waals surface area contributed by atoms with Crippen molar-refractivity contribution in [3.8, 4) is 0 Å². The van der Waals surface area contributed by atoms with Crippen LogP contribution in [-0.4, -0.2) is 30.5 Å². The van der Waals surface area contributed by atoms with E-state index in [1.165, 1.54) is 17.7 Å². The third-order valence-electron chi connectivity index (χ3n) is 4.79. The number of carbonyl (C=O) groups is 1. The van der Waals surface area contributed by atoms with E-state index in [9.17, 15) is 4.79 Å². The Bertz CT molecular complexity index is 862. The van der Waals surface area contributed by atoms with Gasteiger partial charge >= 0.3 is 0 Å². The SMILES string of the molecule is O=C(/C=C/c1nc2ccccc2s1)NC[C@H](c1ccco1)[NH+]1CCCC1. The lowest BCUT2D eigenvalue weighted by molar-refractivity contribution is -0.919. The van der Waals surface area contributed by atoms with Crippen LogP contribution in [0.3, 0.4) is 0 Å². The van der Waals surface area contributed by atoms with Gasteiger partial charge in [-0.2, -0.15) is 0 Å². The number of para-hydroxylation sites is 1. The molecule has 0 spiro atoms. The number of aromatic nitrogens is 1. The fourth-order valence-electron chi connectivity index (χ4n) is 3.48. The third-order valence-corrected chi connectivity index (χ3v) is 5.79. The van der Waals surface area contributed by atoms with Crippen LogP contribution in [0.5, 0.6) is 0 Å². The highest BCUT2D eigenvalue weighted by molar-refractivity contribution is 7.19. The second-order valence-electron chi connectivity index (χ2n) is 6.53. The van der Waals surface area contributed by atoms with Gasteiger partial charge in [-0.1, -0.05) is 12.1 Å². The number of fused-ring (bicyclic) bond motifs is 1. The number of furan rings is 1. The predicted octanol–water partition coefficient (Wildman–Crippen LogP) is 2.44. The number of rotatable bonds is 6. The van der Waals surface area contributed by atoms with E-state index in [1.54, 1.807) is 29.8 Å². The molecule has 134 valence electrons. The molecule has 3 aromatic rings. The van der Waals surface area contributed by atoms with Crippen LogP contribution in [0.25, 0.3) is 16.3 Å². The van der Waals surface area contributed by atoms with E-state index in [0.717, 1.165) is 34.1 Å². The number of likely N-dealkylation sites (tertiary alicyclic amines) is 1. The number of nitrogens with one attached hydrogen (secondary N) is 2. The summed E-state index contributed by atoms with van der Waals surface area (Å²) in [5, 5.41) is 3.86. The van der Waals surface area contributed by atoms with Gasteiger partial charge in [0.15, 0.2) is 11.8 Å². The zero-order chi connectivity index (χ0) is 17.8. The molecule has 0 bridgehead atoms. The molecule has 26 heavy (non-hydrogen) atoms. The Morgan fingerprint density at radius 2 is 2.12 bits per heavy atom. The molecule has 1 atom stereocenters. The summed E-state index contributed by atoms with van der Waals surface area (Å²) in [6, 6.07) is 12.1. The number of quaternary nitrogens is 1. The molecule has 5 nitrogen and oxygen atoms in total. The monoisotopic (exact) mass is 368 g/mol. The van der Waals surface area contributed by atoms with Crippen LogP contribution in [0.15, 0.2) is 53.2 Å². The highest BCUT2D eigenvalue weighted by atomic mass is 32.1. The zero-order valence-electron chi connectivity index (χ0n) is 14.5. The van der Waals surface area contributed by atoms with Gasteiger partial charge in [0.05, 0.1) is 36.1 Å². The van der Waals surface area contributed by atoms with Crippen molar-refractivity contribution in [2.75, 3.05) is 19.6 Å². The second-order valence-corrected chi connectivity index (χ2v) is 7.59. The minimum absolute atomic E-state index is 0.0978. The Labute approximate surface area is 156 Å². The van der Waals surface area contributed by atoms with Crippen LogP contribution >= 0.6 is 11.3 Å². The van der Waals surface area contributed by atoms with Gasteiger partial charge in [-0.05, 0) is 30.3 Å². The van der Waals surface area contributed by atoms with Crippen LogP contribution in [0.1, 0.15) is 29.7 Å². The van der Waals surface area contributed by atoms with Gasteiger partial charge in [0.2, 0.25) is 5.91 Å². The van der Waals surface area contributed by atoms with Gasteiger partial charge in [0.25, 0.3) is 0 Å². The maximum atomic E-state index is 12.3. The molecule has 1 aliphatic rings. The first-order valence-corrected chi connectivity index (χ1v) is 9.81. The second kappa shape index (κ2) is 7.85. The fourth-order valence-corrected chi connectivity index (χ4v) is 4.35. The van der Waals surface area contributed by atoms with Crippen LogP contribution in [-0.2, 0) is 4.79 Å². The van der Waals surface area contributed by atoms with Crippen molar-refractivity contribution in [1.82, 2.24) is 10.3 Å². The number of hydrogen-bond donors (Lipinski definition) is 2. The summed E-state index contributed by atoms with van der Waals surface area (Å²) in [5.74, 6) is 0.844. The zero-order valence-corrected chi connectivity index (χ0v) is 15.3. The Morgan fingerprint density at radius 1 is 1.27 bits per heavy atom. The van der Waals surface area contributed by atoms with Crippen LogP contribution < -0.4 is 10.2 Å². The number of thiazole rings is 1. The van der Waals surface area contributed by atoms with E-state index in [4.69, 9.17) is 4.42 Å². The first-order valence-electron chi connectivity index (χ1n) is 8.99. The van der Waals surface area contributed by atoms with Crippen LogP contribution in [0.2, 0.25) is 0 Å². The average Bonchev–Trinajstić information content (AvgIpc) is 3.40. The van der Waals surface area contributed by atoms with E-state index in [0.29, 0.717) is 6.54 Å². The molecule has 0 radical (unpaired) electrons. The normalized spacial score (nSPS) is 16.5. The minimum atomic E-state index is -0.0978. The van der Waals surface area contributed by atoms with Gasteiger partial charge in [0, 0.05) is 18.9 Å². The average molecular weight is 368 g/mol. The van der Waals surface area contributed by atoms with Gasteiger partial charge in [-0.3, -0.25) is 4.79 Å². The van der Waals surface area contributed by atoms with Gasteiger partial charge in [-0.25, -0.2) is 4.98 Å². The van der Waals surface area contributed by atoms with E-state index in [1.807, 2.05) is 36.4 Å². The van der Waals surface area contributed by atoms with E-state index in [-0.39, 0.29) is 11.9 Å². The molecule has 0 aliphatic carbocycles. The van der Waals surface area contributed by atoms with Crippen molar-refractivity contribution in [1.29, 1.82) is 0 Å².